The van der Waals surface area contributed by atoms with Crippen LogP contribution in [-0.4, -0.2) is 33.9 Å². The number of aromatic nitrogens is 3. The summed E-state index contributed by atoms with van der Waals surface area (Å²) >= 11 is 1.40. The monoisotopic (exact) mass is 303 g/mol. The van der Waals surface area contributed by atoms with E-state index in [0.29, 0.717) is 16.6 Å². The summed E-state index contributed by atoms with van der Waals surface area (Å²) in [6, 6.07) is 0. The highest BCUT2D eigenvalue weighted by molar-refractivity contribution is 7.13. The number of nitrogens with zero attached hydrogens (tertiary/aromatic N) is 3. The van der Waals surface area contributed by atoms with Crippen LogP contribution in [0.4, 0.5) is 5.13 Å². The Morgan fingerprint density at radius 2 is 2.24 bits per heavy atom. The number of nitrogens with one attached hydrogen (secondary N) is 2. The van der Waals surface area contributed by atoms with Gasteiger partial charge in [-0.1, -0.05) is 0 Å². The van der Waals surface area contributed by atoms with E-state index in [1.165, 1.54) is 17.7 Å². The number of piperidine rings is 1. The van der Waals surface area contributed by atoms with Crippen LogP contribution >= 0.6 is 11.3 Å². The smallest absolute Gasteiger partial charge is 0.260 e. The second-order valence-corrected chi connectivity index (χ2v) is 5.97. The molecule has 7 heteroatoms. The number of carbonyl (C=O) groups excluding carboxylic acids is 1. The fourth-order valence-corrected chi connectivity index (χ4v) is 3.04. The largest absolute Gasteiger partial charge is 0.317 e. The average Bonchev–Trinajstić information content (AvgIpc) is 3.02. The Kier molecular flexibility index (Phi) is 4.52. The molecule has 1 fully saturated rings. The zero-order valence-electron chi connectivity index (χ0n) is 11.6. The fourth-order valence-electron chi connectivity index (χ4n) is 2.52. The Morgan fingerprint density at radius 3 is 3.00 bits per heavy atom. The second-order valence-electron chi connectivity index (χ2n) is 5.07. The zero-order chi connectivity index (χ0) is 14.5. The van der Waals surface area contributed by atoms with E-state index in [2.05, 4.69) is 25.6 Å². The first-order valence-electron chi connectivity index (χ1n) is 7.03. The number of thiazole rings is 1. The van der Waals surface area contributed by atoms with Crippen molar-refractivity contribution >= 4 is 22.4 Å². The van der Waals surface area contributed by atoms with Crippen LogP contribution in [0.5, 0.6) is 0 Å². The van der Waals surface area contributed by atoms with Gasteiger partial charge >= 0.3 is 0 Å². The SMILES string of the molecule is O=C(Nc1nccs1)c1cncnc1CC1CCNCC1. The van der Waals surface area contributed by atoms with Crippen LogP contribution in [0.15, 0.2) is 24.1 Å². The molecule has 3 heterocycles. The van der Waals surface area contributed by atoms with Crippen LogP contribution in [0.25, 0.3) is 0 Å². The van der Waals surface area contributed by atoms with Gasteiger partial charge in [-0.05, 0) is 38.3 Å². The molecule has 0 atom stereocenters. The molecule has 0 saturated carbocycles. The molecule has 1 aliphatic heterocycles. The molecule has 0 bridgehead atoms. The molecule has 110 valence electrons. The van der Waals surface area contributed by atoms with Crippen molar-refractivity contribution in [3.8, 4) is 0 Å². The van der Waals surface area contributed by atoms with E-state index in [-0.39, 0.29) is 5.91 Å². The van der Waals surface area contributed by atoms with E-state index in [0.717, 1.165) is 38.0 Å². The third-order valence-electron chi connectivity index (χ3n) is 3.63. The van der Waals surface area contributed by atoms with Crippen LogP contribution < -0.4 is 10.6 Å². The highest BCUT2D eigenvalue weighted by atomic mass is 32.1. The minimum atomic E-state index is -0.186. The van der Waals surface area contributed by atoms with Gasteiger partial charge in [0.1, 0.15) is 6.33 Å². The molecular weight excluding hydrogens is 286 g/mol. The van der Waals surface area contributed by atoms with E-state index in [1.54, 1.807) is 12.4 Å². The van der Waals surface area contributed by atoms with E-state index < -0.39 is 0 Å². The Hall–Kier alpha value is -1.86. The average molecular weight is 303 g/mol. The van der Waals surface area contributed by atoms with E-state index in [1.807, 2.05) is 5.38 Å². The van der Waals surface area contributed by atoms with Crippen LogP contribution in [0.3, 0.4) is 0 Å². The molecular formula is C14H17N5OS. The van der Waals surface area contributed by atoms with Gasteiger partial charge in [-0.15, -0.1) is 11.3 Å². The van der Waals surface area contributed by atoms with Crippen LogP contribution in [0.1, 0.15) is 28.9 Å². The molecule has 2 aromatic rings. The number of hydrogen-bond donors (Lipinski definition) is 2. The van der Waals surface area contributed by atoms with Crippen molar-refractivity contribution in [2.45, 2.75) is 19.3 Å². The summed E-state index contributed by atoms with van der Waals surface area (Å²) in [5, 5.41) is 8.56. The lowest BCUT2D eigenvalue weighted by atomic mass is 9.92. The van der Waals surface area contributed by atoms with Crippen LogP contribution in [-0.2, 0) is 6.42 Å². The molecule has 6 nitrogen and oxygen atoms in total. The maximum Gasteiger partial charge on any atom is 0.260 e. The Labute approximate surface area is 127 Å². The predicted molar refractivity (Wildman–Crippen MR) is 81.4 cm³/mol. The number of anilines is 1. The molecule has 2 aromatic heterocycles. The molecule has 1 saturated heterocycles. The van der Waals surface area contributed by atoms with Gasteiger partial charge in [0, 0.05) is 17.8 Å². The standard InChI is InChI=1S/C14H17N5OS/c20-13(19-14-17-5-6-21-14)11-8-16-9-18-12(11)7-10-1-3-15-4-2-10/h5-6,8-10,15H,1-4,7H2,(H,17,19,20). The molecule has 21 heavy (non-hydrogen) atoms. The molecule has 0 spiro atoms. The summed E-state index contributed by atoms with van der Waals surface area (Å²) in [6.07, 6.45) is 7.83. The van der Waals surface area contributed by atoms with Gasteiger partial charge in [0.15, 0.2) is 5.13 Å². The molecule has 3 rings (SSSR count). The van der Waals surface area contributed by atoms with Crippen molar-refractivity contribution in [3.05, 3.63) is 35.4 Å². The maximum atomic E-state index is 12.3. The number of amides is 1. The van der Waals surface area contributed by atoms with Crippen molar-refractivity contribution in [3.63, 3.8) is 0 Å². The van der Waals surface area contributed by atoms with E-state index in [9.17, 15) is 4.79 Å². The molecule has 1 aliphatic rings. The maximum absolute atomic E-state index is 12.3. The van der Waals surface area contributed by atoms with E-state index in [4.69, 9.17) is 0 Å². The van der Waals surface area contributed by atoms with Crippen LogP contribution in [0, 0.1) is 5.92 Å². The minimum Gasteiger partial charge on any atom is -0.317 e. The third-order valence-corrected chi connectivity index (χ3v) is 4.32. The molecule has 1 amide bonds. The number of carbonyl (C=O) groups is 1. The Bertz CT molecular complexity index is 595. The summed E-state index contributed by atoms with van der Waals surface area (Å²) in [4.78, 5) is 24.7. The van der Waals surface area contributed by atoms with Gasteiger partial charge < -0.3 is 5.32 Å². The Balaban J connectivity index is 1.73. The first kappa shape index (κ1) is 14.1. The van der Waals surface area contributed by atoms with Crippen molar-refractivity contribution in [1.82, 2.24) is 20.3 Å². The van der Waals surface area contributed by atoms with Gasteiger partial charge in [-0.2, -0.15) is 0 Å². The van der Waals surface area contributed by atoms with Gasteiger partial charge in [0.25, 0.3) is 5.91 Å². The molecule has 2 N–H and O–H groups in total. The van der Waals surface area contributed by atoms with Gasteiger partial charge in [-0.25, -0.2) is 15.0 Å². The van der Waals surface area contributed by atoms with Crippen molar-refractivity contribution in [1.29, 1.82) is 0 Å². The summed E-state index contributed by atoms with van der Waals surface area (Å²) in [7, 11) is 0. The van der Waals surface area contributed by atoms with Crippen molar-refractivity contribution < 1.29 is 4.79 Å². The zero-order valence-corrected chi connectivity index (χ0v) is 12.4. The fraction of sp³-hybridized carbons (Fsp3) is 0.429. The summed E-state index contributed by atoms with van der Waals surface area (Å²) in [5.41, 5.74) is 1.37. The molecule has 0 aliphatic carbocycles. The Morgan fingerprint density at radius 1 is 1.38 bits per heavy atom. The topological polar surface area (TPSA) is 79.8 Å². The van der Waals surface area contributed by atoms with Crippen molar-refractivity contribution in [2.24, 2.45) is 5.92 Å². The summed E-state index contributed by atoms with van der Waals surface area (Å²) < 4.78 is 0. The molecule has 0 unspecified atom stereocenters. The first-order chi connectivity index (χ1) is 10.3. The number of rotatable bonds is 4. The van der Waals surface area contributed by atoms with Crippen molar-refractivity contribution in [2.75, 3.05) is 18.4 Å². The highest BCUT2D eigenvalue weighted by Crippen LogP contribution is 2.20. The lowest BCUT2D eigenvalue weighted by Crippen LogP contribution is -2.29. The minimum absolute atomic E-state index is 0.186. The van der Waals surface area contributed by atoms with E-state index >= 15 is 0 Å². The summed E-state index contributed by atoms with van der Waals surface area (Å²) in [6.45, 7) is 2.08. The molecule has 0 aromatic carbocycles. The van der Waals surface area contributed by atoms with Gasteiger partial charge in [-0.3, -0.25) is 10.1 Å². The molecule has 0 radical (unpaired) electrons. The first-order valence-corrected chi connectivity index (χ1v) is 7.91. The lowest BCUT2D eigenvalue weighted by Gasteiger charge is -2.22. The van der Waals surface area contributed by atoms with Crippen LogP contribution in [0.2, 0.25) is 0 Å². The second kappa shape index (κ2) is 6.73. The van der Waals surface area contributed by atoms with Gasteiger partial charge in [0.05, 0.1) is 11.3 Å². The normalized spacial score (nSPS) is 15.8. The number of hydrogen-bond acceptors (Lipinski definition) is 6. The third kappa shape index (κ3) is 3.62. The lowest BCUT2D eigenvalue weighted by molar-refractivity contribution is 0.102. The quantitative estimate of drug-likeness (QED) is 0.899. The predicted octanol–water partition coefficient (Wildman–Crippen LogP) is 1.73. The highest BCUT2D eigenvalue weighted by Gasteiger charge is 2.19. The van der Waals surface area contributed by atoms with Gasteiger partial charge in [0.2, 0.25) is 0 Å². The summed E-state index contributed by atoms with van der Waals surface area (Å²) in [5.74, 6) is 0.391.